The van der Waals surface area contributed by atoms with Crippen LogP contribution in [0.5, 0.6) is 0 Å². The summed E-state index contributed by atoms with van der Waals surface area (Å²) in [5, 5.41) is 5.61. The molecule has 1 rings (SSSR count). The van der Waals surface area contributed by atoms with Crippen molar-refractivity contribution in [3.05, 3.63) is 35.4 Å². The molecule has 0 spiro atoms. The summed E-state index contributed by atoms with van der Waals surface area (Å²) in [6.45, 7) is 2.86. The Bertz CT molecular complexity index is 427. The number of benzene rings is 1. The maximum absolute atomic E-state index is 11.4. The third kappa shape index (κ3) is 5.42. The monoisotopic (exact) mass is 263 g/mol. The van der Waals surface area contributed by atoms with Crippen LogP contribution in [0, 0.1) is 0 Å². The predicted octanol–water partition coefficient (Wildman–Crippen LogP) is 1.48. The van der Waals surface area contributed by atoms with Crippen molar-refractivity contribution >= 4 is 11.9 Å². The van der Waals surface area contributed by atoms with Gasteiger partial charge < -0.3 is 15.5 Å². The molecule has 1 aromatic rings. The Morgan fingerprint density at radius 1 is 1.00 bits per heavy atom. The van der Waals surface area contributed by atoms with Gasteiger partial charge in [-0.15, -0.1) is 0 Å². The van der Waals surface area contributed by atoms with Gasteiger partial charge in [0.25, 0.3) is 0 Å². The van der Waals surface area contributed by atoms with E-state index in [0.717, 1.165) is 11.1 Å². The molecule has 2 N–H and O–H groups in total. The van der Waals surface area contributed by atoms with E-state index in [1.165, 1.54) is 4.90 Å². The molecule has 0 saturated heterocycles. The zero-order valence-corrected chi connectivity index (χ0v) is 11.7. The first kappa shape index (κ1) is 15.0. The van der Waals surface area contributed by atoms with Crippen LogP contribution in [-0.4, -0.2) is 30.9 Å². The normalized spacial score (nSPS) is 9.84. The fourth-order valence-electron chi connectivity index (χ4n) is 1.44. The molecule has 5 nitrogen and oxygen atoms in total. The molecule has 0 bridgehead atoms. The van der Waals surface area contributed by atoms with Gasteiger partial charge in [-0.05, 0) is 11.1 Å². The lowest BCUT2D eigenvalue weighted by Crippen LogP contribution is -2.33. The van der Waals surface area contributed by atoms with E-state index in [9.17, 15) is 9.59 Å². The molecule has 0 fully saturated rings. The van der Waals surface area contributed by atoms with Crippen LogP contribution in [0.25, 0.3) is 0 Å². The van der Waals surface area contributed by atoms with Gasteiger partial charge in [-0.25, -0.2) is 4.79 Å². The Labute approximate surface area is 114 Å². The van der Waals surface area contributed by atoms with Crippen LogP contribution < -0.4 is 10.6 Å². The van der Waals surface area contributed by atoms with Crippen LogP contribution in [0.15, 0.2) is 24.3 Å². The van der Waals surface area contributed by atoms with Gasteiger partial charge in [-0.2, -0.15) is 0 Å². The second-order valence-corrected chi connectivity index (χ2v) is 4.50. The number of nitrogens with one attached hydrogen (secondary N) is 2. The lowest BCUT2D eigenvalue weighted by Gasteiger charge is -2.12. The van der Waals surface area contributed by atoms with E-state index in [4.69, 9.17) is 0 Å². The zero-order valence-electron chi connectivity index (χ0n) is 11.7. The first-order chi connectivity index (χ1) is 9.02. The van der Waals surface area contributed by atoms with E-state index in [2.05, 4.69) is 10.6 Å². The molecule has 0 aliphatic rings. The summed E-state index contributed by atoms with van der Waals surface area (Å²) >= 11 is 0. The molecule has 5 heteroatoms. The fraction of sp³-hybridized carbons (Fsp3) is 0.429. The number of hydrogen-bond acceptors (Lipinski definition) is 2. The first-order valence-corrected chi connectivity index (χ1v) is 6.32. The lowest BCUT2D eigenvalue weighted by molar-refractivity contribution is -0.120. The minimum Gasteiger partial charge on any atom is -0.352 e. The molecule has 0 saturated carbocycles. The molecule has 1 aromatic carbocycles. The number of hydrogen-bond donors (Lipinski definition) is 2. The SMILES string of the molecule is CCC(=O)NCc1ccc(CNC(=O)N(C)C)cc1. The highest BCUT2D eigenvalue weighted by molar-refractivity contribution is 5.75. The zero-order chi connectivity index (χ0) is 14.3. The van der Waals surface area contributed by atoms with Gasteiger partial charge in [0.2, 0.25) is 5.91 Å². The van der Waals surface area contributed by atoms with E-state index >= 15 is 0 Å². The van der Waals surface area contributed by atoms with Crippen molar-refractivity contribution in [2.45, 2.75) is 26.4 Å². The molecule has 0 aliphatic heterocycles. The maximum atomic E-state index is 11.4. The van der Waals surface area contributed by atoms with Crippen molar-refractivity contribution in [2.75, 3.05) is 14.1 Å². The Hall–Kier alpha value is -2.04. The Balaban J connectivity index is 2.43. The minimum atomic E-state index is -0.112. The molecule has 0 unspecified atom stereocenters. The standard InChI is InChI=1S/C14H21N3O2/c1-4-13(18)15-9-11-5-7-12(8-6-11)10-16-14(19)17(2)3/h5-8H,4,9-10H2,1-3H3,(H,15,18)(H,16,19). The Morgan fingerprint density at radius 3 is 1.89 bits per heavy atom. The van der Waals surface area contributed by atoms with E-state index in [-0.39, 0.29) is 11.9 Å². The van der Waals surface area contributed by atoms with Gasteiger partial charge in [0.15, 0.2) is 0 Å². The summed E-state index contributed by atoms with van der Waals surface area (Å²) in [6, 6.07) is 7.69. The second kappa shape index (κ2) is 7.41. The van der Waals surface area contributed by atoms with Crippen LogP contribution in [0.1, 0.15) is 24.5 Å². The molecule has 104 valence electrons. The quantitative estimate of drug-likeness (QED) is 0.845. The van der Waals surface area contributed by atoms with Gasteiger partial charge in [-0.1, -0.05) is 31.2 Å². The average molecular weight is 263 g/mol. The molecular weight excluding hydrogens is 242 g/mol. The van der Waals surface area contributed by atoms with Crippen molar-refractivity contribution in [2.24, 2.45) is 0 Å². The van der Waals surface area contributed by atoms with Crippen molar-refractivity contribution < 1.29 is 9.59 Å². The van der Waals surface area contributed by atoms with Crippen LogP contribution >= 0.6 is 0 Å². The number of carbonyl (C=O) groups is 2. The summed E-state index contributed by atoms with van der Waals surface area (Å²) in [6.07, 6.45) is 0.495. The smallest absolute Gasteiger partial charge is 0.317 e. The van der Waals surface area contributed by atoms with Crippen molar-refractivity contribution in [1.29, 1.82) is 0 Å². The maximum Gasteiger partial charge on any atom is 0.317 e. The van der Waals surface area contributed by atoms with Crippen molar-refractivity contribution in [3.8, 4) is 0 Å². The Kier molecular flexibility index (Phi) is 5.85. The van der Waals surface area contributed by atoms with E-state index in [0.29, 0.717) is 19.5 Å². The highest BCUT2D eigenvalue weighted by atomic mass is 16.2. The Morgan fingerprint density at radius 2 is 1.47 bits per heavy atom. The van der Waals surface area contributed by atoms with Crippen LogP contribution in [-0.2, 0) is 17.9 Å². The highest BCUT2D eigenvalue weighted by Gasteiger charge is 2.02. The third-order valence-corrected chi connectivity index (χ3v) is 2.68. The second-order valence-electron chi connectivity index (χ2n) is 4.50. The van der Waals surface area contributed by atoms with Gasteiger partial charge >= 0.3 is 6.03 Å². The average Bonchev–Trinajstić information content (AvgIpc) is 2.42. The number of nitrogens with zero attached hydrogens (tertiary/aromatic N) is 1. The van der Waals surface area contributed by atoms with Gasteiger partial charge in [-0.3, -0.25) is 4.79 Å². The lowest BCUT2D eigenvalue weighted by atomic mass is 10.1. The highest BCUT2D eigenvalue weighted by Crippen LogP contribution is 2.04. The summed E-state index contributed by atoms with van der Waals surface area (Å²) in [4.78, 5) is 24.0. The van der Waals surface area contributed by atoms with Crippen molar-refractivity contribution in [3.63, 3.8) is 0 Å². The molecule has 0 radical (unpaired) electrons. The summed E-state index contributed by atoms with van der Waals surface area (Å²) in [5.41, 5.74) is 2.07. The number of amides is 3. The van der Waals surface area contributed by atoms with E-state index < -0.39 is 0 Å². The molecule has 3 amide bonds. The van der Waals surface area contributed by atoms with Crippen LogP contribution in [0.2, 0.25) is 0 Å². The van der Waals surface area contributed by atoms with Gasteiger partial charge in [0.1, 0.15) is 0 Å². The third-order valence-electron chi connectivity index (χ3n) is 2.68. The number of rotatable bonds is 5. The van der Waals surface area contributed by atoms with Crippen LogP contribution in [0.4, 0.5) is 4.79 Å². The molecule has 0 aliphatic carbocycles. The van der Waals surface area contributed by atoms with E-state index in [1.807, 2.05) is 31.2 Å². The molecule has 19 heavy (non-hydrogen) atoms. The predicted molar refractivity (Wildman–Crippen MR) is 74.5 cm³/mol. The van der Waals surface area contributed by atoms with Gasteiger partial charge in [0.05, 0.1) is 0 Å². The van der Waals surface area contributed by atoms with Crippen molar-refractivity contribution in [1.82, 2.24) is 15.5 Å². The van der Waals surface area contributed by atoms with E-state index in [1.54, 1.807) is 14.1 Å². The minimum absolute atomic E-state index is 0.0438. The number of urea groups is 1. The number of carbonyl (C=O) groups excluding carboxylic acids is 2. The molecule has 0 atom stereocenters. The largest absolute Gasteiger partial charge is 0.352 e. The van der Waals surface area contributed by atoms with Crippen LogP contribution in [0.3, 0.4) is 0 Å². The van der Waals surface area contributed by atoms with Gasteiger partial charge in [0, 0.05) is 33.6 Å². The molecule has 0 heterocycles. The fourth-order valence-corrected chi connectivity index (χ4v) is 1.44. The summed E-state index contributed by atoms with van der Waals surface area (Å²) in [7, 11) is 3.41. The summed E-state index contributed by atoms with van der Waals surface area (Å²) in [5.74, 6) is 0.0438. The molecular formula is C14H21N3O2. The molecule has 0 aromatic heterocycles. The summed E-state index contributed by atoms with van der Waals surface area (Å²) < 4.78 is 0. The topological polar surface area (TPSA) is 61.4 Å². The first-order valence-electron chi connectivity index (χ1n) is 6.32.